The molecular weight excluding hydrogens is 432 g/mol. The van der Waals surface area contributed by atoms with Gasteiger partial charge in [0.1, 0.15) is 11.6 Å². The number of ether oxygens (including phenoxy) is 1. The summed E-state index contributed by atoms with van der Waals surface area (Å²) in [7, 11) is 0. The van der Waals surface area contributed by atoms with Gasteiger partial charge in [-0.25, -0.2) is 16.4 Å². The van der Waals surface area contributed by atoms with Gasteiger partial charge in [0, 0.05) is 21.6 Å². The molecule has 0 radical (unpaired) electrons. The third kappa shape index (κ3) is 4.85. The Morgan fingerprint density at radius 2 is 1.88 bits per heavy atom. The van der Waals surface area contributed by atoms with Gasteiger partial charge in [0.05, 0.1) is 5.69 Å². The van der Waals surface area contributed by atoms with Gasteiger partial charge in [0.25, 0.3) is 0 Å². The Morgan fingerprint density at radius 1 is 1.12 bits per heavy atom. The molecule has 2 heterocycles. The number of nitrogens with two attached hydrogens (primary N) is 2. The van der Waals surface area contributed by atoms with Gasteiger partial charge in [-0.3, -0.25) is 0 Å². The first-order valence-electron chi connectivity index (χ1n) is 10.2. The van der Waals surface area contributed by atoms with E-state index in [0.717, 1.165) is 27.1 Å². The maximum absolute atomic E-state index is 10.1. The Hall–Kier alpha value is -4.19. The van der Waals surface area contributed by atoms with Crippen molar-refractivity contribution < 1.29 is 4.74 Å². The third-order valence-electron chi connectivity index (χ3n) is 5.03. The van der Waals surface area contributed by atoms with E-state index in [0.29, 0.717) is 11.3 Å². The van der Waals surface area contributed by atoms with Crippen LogP contribution in [-0.2, 0) is 0 Å². The molecule has 1 atom stereocenters. The second-order valence-electron chi connectivity index (χ2n) is 7.26. The van der Waals surface area contributed by atoms with Crippen LogP contribution in [-0.4, -0.2) is 10.8 Å². The second-order valence-corrected chi connectivity index (χ2v) is 8.21. The van der Waals surface area contributed by atoms with Crippen LogP contribution in [0.25, 0.3) is 21.7 Å². The molecule has 0 amide bonds. The quantitative estimate of drug-likeness (QED) is 0.163. The number of hydrogen-bond donors (Lipinski definition) is 3. The highest BCUT2D eigenvalue weighted by Gasteiger charge is 2.24. The predicted molar refractivity (Wildman–Crippen MR) is 131 cm³/mol. The van der Waals surface area contributed by atoms with Crippen molar-refractivity contribution in [3.05, 3.63) is 94.9 Å². The van der Waals surface area contributed by atoms with Crippen LogP contribution in [0.4, 0.5) is 0 Å². The highest BCUT2D eigenvalue weighted by Crippen LogP contribution is 2.37. The first-order valence-corrected chi connectivity index (χ1v) is 11.0. The number of pyridine rings is 1. The molecule has 33 heavy (non-hydrogen) atoms. The summed E-state index contributed by atoms with van der Waals surface area (Å²) in [4.78, 5) is 5.66. The molecule has 4 aromatic rings. The zero-order valence-electron chi connectivity index (χ0n) is 17.9. The molecular formula is C25H22N6OS. The lowest BCUT2D eigenvalue weighted by Crippen LogP contribution is -2.31. The number of nitrogens with zero attached hydrogens (tertiary/aromatic N) is 3. The van der Waals surface area contributed by atoms with Crippen LogP contribution in [0, 0.1) is 18.3 Å². The Bertz CT molecular complexity index is 1300. The molecule has 7 nitrogen and oxygen atoms in total. The average molecular weight is 455 g/mol. The van der Waals surface area contributed by atoms with E-state index in [9.17, 15) is 5.26 Å². The molecule has 2 aromatic heterocycles. The number of rotatable bonds is 7. The van der Waals surface area contributed by atoms with E-state index in [4.69, 9.17) is 21.3 Å². The van der Waals surface area contributed by atoms with E-state index in [1.54, 1.807) is 11.3 Å². The SMILES string of the molecule is Cc1ccc(-c2cc(-c3cccs3)c(C#N)c(OC(/C(N)=N/NN)c3ccccc3)n2)cc1. The van der Waals surface area contributed by atoms with Gasteiger partial charge in [0.2, 0.25) is 5.88 Å². The minimum Gasteiger partial charge on any atom is -0.460 e. The molecule has 164 valence electrons. The Morgan fingerprint density at radius 3 is 2.52 bits per heavy atom. The second kappa shape index (κ2) is 9.96. The molecule has 0 spiro atoms. The summed E-state index contributed by atoms with van der Waals surface area (Å²) in [5.41, 5.74) is 12.9. The van der Waals surface area contributed by atoms with Crippen molar-refractivity contribution in [2.75, 3.05) is 0 Å². The molecule has 1 unspecified atom stereocenters. The standard InChI is InChI=1S/C25H22N6OS/c1-16-9-11-17(12-10-16)21-14-19(22-8-5-13-33-22)20(15-26)25(29-21)32-23(24(27)30-31-28)18-6-3-2-4-7-18/h2-14,23,31H,28H2,1H3,(H2,27,30). The number of aryl methyl sites for hydroxylation is 1. The molecule has 0 saturated carbocycles. The van der Waals surface area contributed by atoms with Gasteiger partial charge in [-0.05, 0) is 24.4 Å². The van der Waals surface area contributed by atoms with E-state index in [2.05, 4.69) is 16.7 Å². The fourth-order valence-electron chi connectivity index (χ4n) is 3.39. The van der Waals surface area contributed by atoms with Crippen molar-refractivity contribution >= 4 is 17.2 Å². The Balaban J connectivity index is 1.89. The van der Waals surface area contributed by atoms with Gasteiger partial charge in [-0.15, -0.1) is 16.4 Å². The van der Waals surface area contributed by atoms with Crippen molar-refractivity contribution in [2.45, 2.75) is 13.0 Å². The highest BCUT2D eigenvalue weighted by molar-refractivity contribution is 7.13. The number of thiophene rings is 1. The van der Waals surface area contributed by atoms with Crippen LogP contribution in [0.2, 0.25) is 0 Å². The van der Waals surface area contributed by atoms with Gasteiger partial charge >= 0.3 is 0 Å². The number of nitrogens with one attached hydrogen (secondary N) is 1. The topological polar surface area (TPSA) is 122 Å². The number of hydrazone groups is 1. The molecule has 0 aliphatic carbocycles. The zero-order valence-corrected chi connectivity index (χ0v) is 18.7. The lowest BCUT2D eigenvalue weighted by molar-refractivity contribution is 0.259. The van der Waals surface area contributed by atoms with Crippen molar-refractivity contribution in [3.63, 3.8) is 0 Å². The first kappa shape index (κ1) is 22.0. The van der Waals surface area contributed by atoms with E-state index >= 15 is 0 Å². The van der Waals surface area contributed by atoms with E-state index < -0.39 is 6.10 Å². The van der Waals surface area contributed by atoms with Gasteiger partial charge < -0.3 is 10.5 Å². The lowest BCUT2D eigenvalue weighted by Gasteiger charge is -2.20. The summed E-state index contributed by atoms with van der Waals surface area (Å²) in [6.07, 6.45) is -0.800. The molecule has 0 aliphatic rings. The normalized spacial score (nSPS) is 12.1. The summed E-state index contributed by atoms with van der Waals surface area (Å²) >= 11 is 1.54. The monoisotopic (exact) mass is 454 g/mol. The number of aromatic nitrogens is 1. The number of amidine groups is 1. The van der Waals surface area contributed by atoms with Gasteiger partial charge in [-0.2, -0.15) is 5.26 Å². The molecule has 2 aromatic carbocycles. The molecule has 8 heteroatoms. The predicted octanol–water partition coefficient (Wildman–Crippen LogP) is 4.51. The minimum absolute atomic E-state index is 0.104. The van der Waals surface area contributed by atoms with E-state index in [1.165, 1.54) is 0 Å². The summed E-state index contributed by atoms with van der Waals surface area (Å²) < 4.78 is 6.28. The molecule has 5 N–H and O–H groups in total. The van der Waals surface area contributed by atoms with Crippen molar-refractivity contribution in [2.24, 2.45) is 16.7 Å². The van der Waals surface area contributed by atoms with E-state index in [-0.39, 0.29) is 11.7 Å². The molecule has 0 aliphatic heterocycles. The Kier molecular flexibility index (Phi) is 6.64. The van der Waals surface area contributed by atoms with Crippen LogP contribution in [0.15, 0.2) is 83.3 Å². The lowest BCUT2D eigenvalue weighted by atomic mass is 10.0. The van der Waals surface area contributed by atoms with Gasteiger partial charge in [0.15, 0.2) is 11.9 Å². The van der Waals surface area contributed by atoms with Crippen molar-refractivity contribution in [3.8, 4) is 33.6 Å². The van der Waals surface area contributed by atoms with Crippen molar-refractivity contribution in [1.29, 1.82) is 5.26 Å². The van der Waals surface area contributed by atoms with Crippen LogP contribution in [0.1, 0.15) is 22.8 Å². The largest absolute Gasteiger partial charge is 0.460 e. The minimum atomic E-state index is -0.800. The maximum atomic E-state index is 10.1. The van der Waals surface area contributed by atoms with Gasteiger partial charge in [-0.1, -0.05) is 66.2 Å². The van der Waals surface area contributed by atoms with Crippen LogP contribution >= 0.6 is 11.3 Å². The fourth-order valence-corrected chi connectivity index (χ4v) is 4.13. The van der Waals surface area contributed by atoms with Crippen molar-refractivity contribution in [1.82, 2.24) is 10.5 Å². The summed E-state index contributed by atoms with van der Waals surface area (Å²) in [6.45, 7) is 2.03. The third-order valence-corrected chi connectivity index (χ3v) is 5.93. The molecule has 0 bridgehead atoms. The zero-order chi connectivity index (χ0) is 23.2. The number of benzene rings is 2. The highest BCUT2D eigenvalue weighted by atomic mass is 32.1. The smallest absolute Gasteiger partial charge is 0.234 e. The molecule has 0 fully saturated rings. The van der Waals surface area contributed by atoms with Crippen LogP contribution in [0.3, 0.4) is 0 Å². The summed E-state index contributed by atoms with van der Waals surface area (Å²) in [6, 6.07) is 25.5. The molecule has 0 saturated heterocycles. The summed E-state index contributed by atoms with van der Waals surface area (Å²) in [5, 5.41) is 15.9. The number of nitriles is 1. The summed E-state index contributed by atoms with van der Waals surface area (Å²) in [5.74, 6) is 5.63. The van der Waals surface area contributed by atoms with E-state index in [1.807, 2.05) is 85.1 Å². The average Bonchev–Trinajstić information content (AvgIpc) is 3.38. The van der Waals surface area contributed by atoms with Crippen LogP contribution < -0.4 is 21.8 Å². The molecule has 4 rings (SSSR count). The fraction of sp³-hybridized carbons (Fsp3) is 0.0800. The number of hydrazine groups is 1. The number of hydrogen-bond acceptors (Lipinski definition) is 7. The first-order chi connectivity index (χ1) is 16.1. The van der Waals surface area contributed by atoms with Crippen LogP contribution in [0.5, 0.6) is 5.88 Å². The Labute approximate surface area is 195 Å². The maximum Gasteiger partial charge on any atom is 0.234 e.